The van der Waals surface area contributed by atoms with Gasteiger partial charge in [-0.15, -0.1) is 24.0 Å². The number of hydrogen-bond donors (Lipinski definition) is 2. The molecule has 1 aromatic carbocycles. The third-order valence-corrected chi connectivity index (χ3v) is 5.31. The molecular formula is C21H36IN3O2. The van der Waals surface area contributed by atoms with Crippen LogP contribution < -0.4 is 10.6 Å². The van der Waals surface area contributed by atoms with Gasteiger partial charge in [0.05, 0.1) is 6.61 Å². The average Bonchev–Trinajstić information content (AvgIpc) is 3.15. The SMILES string of the molecule is CCOCc1ccc(CNC(=NC)NCC2(CCOC)CCCC2)cc1.I. The summed E-state index contributed by atoms with van der Waals surface area (Å²) in [6.07, 6.45) is 6.33. The summed E-state index contributed by atoms with van der Waals surface area (Å²) in [6.45, 7) is 6.00. The normalized spacial score (nSPS) is 16.0. The number of aliphatic imine (C=N–C) groups is 1. The van der Waals surface area contributed by atoms with Gasteiger partial charge in [-0.05, 0) is 42.7 Å². The van der Waals surface area contributed by atoms with Crippen molar-refractivity contribution < 1.29 is 9.47 Å². The molecule has 1 fully saturated rings. The number of guanidine groups is 1. The number of nitrogens with zero attached hydrogens (tertiary/aromatic N) is 1. The standard InChI is InChI=1S/C21H35N3O2.HI/c1-4-26-16-19-9-7-18(8-10-19)15-23-20(22-2)24-17-21(13-14-25-3)11-5-6-12-21;/h7-10H,4-6,11-17H2,1-3H3,(H2,22,23,24);1H. The highest BCUT2D eigenvalue weighted by Gasteiger charge is 2.33. The van der Waals surface area contributed by atoms with Crippen molar-refractivity contribution in [3.63, 3.8) is 0 Å². The maximum absolute atomic E-state index is 5.44. The van der Waals surface area contributed by atoms with Gasteiger partial charge in [0, 0.05) is 40.5 Å². The first-order valence-corrected chi connectivity index (χ1v) is 9.80. The van der Waals surface area contributed by atoms with Gasteiger partial charge < -0.3 is 20.1 Å². The Morgan fingerprint density at radius 2 is 1.78 bits per heavy atom. The van der Waals surface area contributed by atoms with Crippen molar-refractivity contribution in [2.45, 2.75) is 52.2 Å². The Kier molecular flexibility index (Phi) is 11.9. The van der Waals surface area contributed by atoms with Gasteiger partial charge in [-0.25, -0.2) is 0 Å². The Balaban J connectivity index is 0.00000364. The monoisotopic (exact) mass is 489 g/mol. The van der Waals surface area contributed by atoms with E-state index >= 15 is 0 Å². The van der Waals surface area contributed by atoms with Crippen molar-refractivity contribution in [3.8, 4) is 0 Å². The van der Waals surface area contributed by atoms with E-state index in [9.17, 15) is 0 Å². The molecule has 1 saturated carbocycles. The van der Waals surface area contributed by atoms with Crippen LogP contribution in [0.25, 0.3) is 0 Å². The van der Waals surface area contributed by atoms with Crippen molar-refractivity contribution >= 4 is 29.9 Å². The van der Waals surface area contributed by atoms with Crippen molar-refractivity contribution in [2.75, 3.05) is 33.9 Å². The highest BCUT2D eigenvalue weighted by atomic mass is 127. The molecule has 0 saturated heterocycles. The smallest absolute Gasteiger partial charge is 0.191 e. The van der Waals surface area contributed by atoms with Gasteiger partial charge in [0.2, 0.25) is 0 Å². The zero-order chi connectivity index (χ0) is 18.7. The quantitative estimate of drug-likeness (QED) is 0.295. The summed E-state index contributed by atoms with van der Waals surface area (Å²) < 4.78 is 10.8. The largest absolute Gasteiger partial charge is 0.385 e. The zero-order valence-electron chi connectivity index (χ0n) is 17.1. The first-order valence-electron chi connectivity index (χ1n) is 9.80. The molecule has 0 bridgehead atoms. The molecule has 1 aromatic rings. The lowest BCUT2D eigenvalue weighted by Gasteiger charge is -2.30. The first kappa shape index (κ1) is 24.2. The number of halogens is 1. The van der Waals surface area contributed by atoms with Gasteiger partial charge in [-0.3, -0.25) is 4.99 Å². The fraction of sp³-hybridized carbons (Fsp3) is 0.667. The Hall–Kier alpha value is -0.860. The van der Waals surface area contributed by atoms with Gasteiger partial charge in [0.1, 0.15) is 0 Å². The number of ether oxygens (including phenoxy) is 2. The maximum atomic E-state index is 5.44. The van der Waals surface area contributed by atoms with E-state index in [0.717, 1.165) is 38.7 Å². The summed E-state index contributed by atoms with van der Waals surface area (Å²) in [6, 6.07) is 8.54. The molecule has 0 spiro atoms. The molecule has 0 amide bonds. The summed E-state index contributed by atoms with van der Waals surface area (Å²) >= 11 is 0. The van der Waals surface area contributed by atoms with Gasteiger partial charge in [0.15, 0.2) is 5.96 Å². The predicted molar refractivity (Wildman–Crippen MR) is 123 cm³/mol. The van der Waals surface area contributed by atoms with Crippen LogP contribution in [0.2, 0.25) is 0 Å². The van der Waals surface area contributed by atoms with E-state index in [-0.39, 0.29) is 24.0 Å². The molecule has 0 aliphatic heterocycles. The van der Waals surface area contributed by atoms with Crippen LogP contribution in [0, 0.1) is 5.41 Å². The highest BCUT2D eigenvalue weighted by molar-refractivity contribution is 14.0. The Morgan fingerprint density at radius 1 is 1.11 bits per heavy atom. The fourth-order valence-corrected chi connectivity index (χ4v) is 3.61. The van der Waals surface area contributed by atoms with Crippen molar-refractivity contribution in [1.82, 2.24) is 10.6 Å². The molecule has 2 N–H and O–H groups in total. The van der Waals surface area contributed by atoms with Crippen LogP contribution in [0.4, 0.5) is 0 Å². The maximum Gasteiger partial charge on any atom is 0.191 e. The summed E-state index contributed by atoms with van der Waals surface area (Å²) in [5, 5.41) is 6.96. The minimum atomic E-state index is 0. The number of methoxy groups -OCH3 is 1. The van der Waals surface area contributed by atoms with E-state index < -0.39 is 0 Å². The first-order chi connectivity index (χ1) is 12.7. The lowest BCUT2D eigenvalue weighted by molar-refractivity contribution is 0.134. The van der Waals surface area contributed by atoms with Crippen LogP contribution in [-0.4, -0.2) is 39.9 Å². The molecule has 27 heavy (non-hydrogen) atoms. The zero-order valence-corrected chi connectivity index (χ0v) is 19.4. The molecule has 6 heteroatoms. The minimum Gasteiger partial charge on any atom is -0.385 e. The minimum absolute atomic E-state index is 0. The lowest BCUT2D eigenvalue weighted by Crippen LogP contribution is -2.43. The molecule has 0 aromatic heterocycles. The van der Waals surface area contributed by atoms with E-state index in [1.165, 1.54) is 36.8 Å². The van der Waals surface area contributed by atoms with Gasteiger partial charge in [-0.2, -0.15) is 0 Å². The van der Waals surface area contributed by atoms with Crippen molar-refractivity contribution in [1.29, 1.82) is 0 Å². The molecule has 0 unspecified atom stereocenters. The second-order valence-electron chi connectivity index (χ2n) is 7.18. The highest BCUT2D eigenvalue weighted by Crippen LogP contribution is 2.40. The van der Waals surface area contributed by atoms with Crippen LogP contribution in [0.1, 0.15) is 50.2 Å². The molecule has 0 atom stereocenters. The number of benzene rings is 1. The number of nitrogens with one attached hydrogen (secondary N) is 2. The van der Waals surface area contributed by atoms with Crippen molar-refractivity contribution in [3.05, 3.63) is 35.4 Å². The van der Waals surface area contributed by atoms with E-state index in [2.05, 4.69) is 39.9 Å². The fourth-order valence-electron chi connectivity index (χ4n) is 3.61. The van der Waals surface area contributed by atoms with E-state index in [0.29, 0.717) is 12.0 Å². The van der Waals surface area contributed by atoms with E-state index in [1.54, 1.807) is 7.11 Å². The lowest BCUT2D eigenvalue weighted by atomic mass is 9.83. The molecule has 0 heterocycles. The molecule has 1 aliphatic rings. The van der Waals surface area contributed by atoms with Crippen LogP contribution >= 0.6 is 24.0 Å². The van der Waals surface area contributed by atoms with E-state index in [4.69, 9.17) is 9.47 Å². The number of rotatable bonds is 10. The molecule has 2 rings (SSSR count). The topological polar surface area (TPSA) is 54.9 Å². The number of hydrogen-bond acceptors (Lipinski definition) is 3. The third kappa shape index (κ3) is 8.35. The van der Waals surface area contributed by atoms with Crippen LogP contribution in [-0.2, 0) is 22.6 Å². The molecule has 154 valence electrons. The van der Waals surface area contributed by atoms with Crippen LogP contribution in [0.3, 0.4) is 0 Å². The molecule has 0 radical (unpaired) electrons. The summed E-state index contributed by atoms with van der Waals surface area (Å²) in [7, 11) is 3.62. The van der Waals surface area contributed by atoms with Crippen molar-refractivity contribution in [2.24, 2.45) is 10.4 Å². The molecule has 5 nitrogen and oxygen atoms in total. The van der Waals surface area contributed by atoms with Crippen LogP contribution in [0.15, 0.2) is 29.3 Å². The summed E-state index contributed by atoms with van der Waals surface area (Å²) in [4.78, 5) is 4.38. The van der Waals surface area contributed by atoms with E-state index in [1.807, 2.05) is 14.0 Å². The summed E-state index contributed by atoms with van der Waals surface area (Å²) in [5.41, 5.74) is 2.80. The van der Waals surface area contributed by atoms with Gasteiger partial charge in [0.25, 0.3) is 0 Å². The molecule has 1 aliphatic carbocycles. The second kappa shape index (κ2) is 13.3. The summed E-state index contributed by atoms with van der Waals surface area (Å²) in [5.74, 6) is 0.868. The van der Waals surface area contributed by atoms with Gasteiger partial charge in [-0.1, -0.05) is 37.1 Å². The Morgan fingerprint density at radius 3 is 2.37 bits per heavy atom. The second-order valence-corrected chi connectivity index (χ2v) is 7.18. The molecular weight excluding hydrogens is 453 g/mol. The Bertz CT molecular complexity index is 543. The van der Waals surface area contributed by atoms with Gasteiger partial charge >= 0.3 is 0 Å². The predicted octanol–water partition coefficient (Wildman–Crippen LogP) is 4.10. The van der Waals surface area contributed by atoms with Crippen LogP contribution in [0.5, 0.6) is 0 Å². The third-order valence-electron chi connectivity index (χ3n) is 5.31. The Labute approximate surface area is 181 Å². The average molecular weight is 489 g/mol.